The Morgan fingerprint density at radius 1 is 1.36 bits per heavy atom. The van der Waals surface area contributed by atoms with Crippen molar-refractivity contribution in [1.29, 1.82) is 0 Å². The number of aliphatic hydroxyl groups is 1. The van der Waals surface area contributed by atoms with Crippen molar-refractivity contribution >= 4 is 31.5 Å². The molecule has 2 rings (SSSR count). The Kier molecular flexibility index (Phi) is 5.42. The lowest BCUT2D eigenvalue weighted by Gasteiger charge is -2.26. The van der Waals surface area contributed by atoms with Gasteiger partial charge in [-0.15, -0.1) is 0 Å². The summed E-state index contributed by atoms with van der Waals surface area (Å²) in [6.45, 7) is 1.28. The van der Waals surface area contributed by atoms with Gasteiger partial charge in [0, 0.05) is 19.7 Å². The molecule has 0 radical (unpaired) electrons. The number of rotatable bonds is 5. The molecule has 1 aliphatic rings. The molecule has 1 heterocycles. The fraction of sp³-hybridized carbons (Fsp3) is 0.500. The standard InChI is InChI=1S/C14H20N2O7S2/c1-9(17)15-10-4-5-13(23-3)14(6-10)25(21,22)16(2)11-7-24(19,20)8-12(11)18/h4-6,11-12,18H,7-8H2,1-3H3,(H,15,17)/t11-,12-/m1/s1. The highest BCUT2D eigenvalue weighted by molar-refractivity contribution is 7.92. The lowest BCUT2D eigenvalue weighted by atomic mass is 10.2. The van der Waals surface area contributed by atoms with Gasteiger partial charge in [0.2, 0.25) is 15.9 Å². The summed E-state index contributed by atoms with van der Waals surface area (Å²) >= 11 is 0. The molecule has 140 valence electrons. The summed E-state index contributed by atoms with van der Waals surface area (Å²) in [6.07, 6.45) is -1.31. The predicted molar refractivity (Wildman–Crippen MR) is 90.7 cm³/mol. The van der Waals surface area contributed by atoms with Crippen molar-refractivity contribution in [1.82, 2.24) is 4.31 Å². The Hall–Kier alpha value is -1.69. The van der Waals surface area contributed by atoms with E-state index in [2.05, 4.69) is 5.32 Å². The van der Waals surface area contributed by atoms with E-state index in [0.717, 1.165) is 4.31 Å². The third-order valence-corrected chi connectivity index (χ3v) is 7.50. The molecule has 1 aliphatic heterocycles. The molecule has 1 saturated heterocycles. The number of nitrogens with one attached hydrogen (secondary N) is 1. The number of hydrogen-bond donors (Lipinski definition) is 2. The zero-order valence-corrected chi connectivity index (χ0v) is 15.6. The second-order valence-electron chi connectivity index (χ2n) is 5.78. The summed E-state index contributed by atoms with van der Waals surface area (Å²) in [5.41, 5.74) is 0.250. The van der Waals surface area contributed by atoms with Crippen LogP contribution in [0.3, 0.4) is 0 Å². The van der Waals surface area contributed by atoms with Crippen LogP contribution in [0.25, 0.3) is 0 Å². The van der Waals surface area contributed by atoms with E-state index in [1.165, 1.54) is 39.3 Å². The zero-order chi connectivity index (χ0) is 19.0. The van der Waals surface area contributed by atoms with Crippen molar-refractivity contribution in [3.8, 4) is 5.75 Å². The minimum Gasteiger partial charge on any atom is -0.495 e. The smallest absolute Gasteiger partial charge is 0.246 e. The minimum absolute atomic E-state index is 0.0382. The Labute approximate surface area is 146 Å². The van der Waals surface area contributed by atoms with Crippen LogP contribution in [-0.4, -0.2) is 70.0 Å². The van der Waals surface area contributed by atoms with Gasteiger partial charge in [-0.3, -0.25) is 4.79 Å². The van der Waals surface area contributed by atoms with E-state index in [9.17, 15) is 26.7 Å². The number of carbonyl (C=O) groups is 1. The number of methoxy groups -OCH3 is 1. The summed E-state index contributed by atoms with van der Waals surface area (Å²) in [4.78, 5) is 10.9. The van der Waals surface area contributed by atoms with Crippen LogP contribution in [-0.2, 0) is 24.7 Å². The lowest BCUT2D eigenvalue weighted by molar-refractivity contribution is -0.114. The number of aliphatic hydroxyl groups excluding tert-OH is 1. The molecule has 2 atom stereocenters. The van der Waals surface area contributed by atoms with Crippen molar-refractivity contribution in [2.75, 3.05) is 31.0 Å². The fourth-order valence-electron chi connectivity index (χ4n) is 2.65. The largest absolute Gasteiger partial charge is 0.495 e. The number of likely N-dealkylation sites (N-methyl/N-ethyl adjacent to an activating group) is 1. The Morgan fingerprint density at radius 2 is 2.00 bits per heavy atom. The minimum atomic E-state index is -4.17. The molecule has 1 fully saturated rings. The van der Waals surface area contributed by atoms with Crippen LogP contribution in [0.4, 0.5) is 5.69 Å². The van der Waals surface area contributed by atoms with Gasteiger partial charge in [0.05, 0.1) is 30.8 Å². The summed E-state index contributed by atoms with van der Waals surface area (Å²) in [7, 11) is -5.19. The molecule has 0 bridgehead atoms. The van der Waals surface area contributed by atoms with Gasteiger partial charge in [-0.05, 0) is 18.2 Å². The van der Waals surface area contributed by atoms with Crippen LogP contribution in [0.5, 0.6) is 5.75 Å². The second kappa shape index (κ2) is 6.90. The SMILES string of the molecule is COc1ccc(NC(C)=O)cc1S(=O)(=O)N(C)[C@@H]1CS(=O)(=O)C[C@H]1O. The van der Waals surface area contributed by atoms with Gasteiger partial charge in [-0.2, -0.15) is 4.31 Å². The van der Waals surface area contributed by atoms with Crippen molar-refractivity contribution in [2.45, 2.75) is 24.0 Å². The summed E-state index contributed by atoms with van der Waals surface area (Å²) < 4.78 is 55.1. The van der Waals surface area contributed by atoms with E-state index in [1.54, 1.807) is 0 Å². The van der Waals surface area contributed by atoms with Crippen LogP contribution < -0.4 is 10.1 Å². The molecule has 11 heteroatoms. The maximum atomic E-state index is 12.9. The molecule has 0 saturated carbocycles. The van der Waals surface area contributed by atoms with Gasteiger partial charge in [0.1, 0.15) is 10.6 Å². The Balaban J connectivity index is 2.46. The number of carbonyl (C=O) groups excluding carboxylic acids is 1. The first kappa shape index (κ1) is 19.6. The molecule has 1 amide bonds. The number of sulfone groups is 1. The van der Waals surface area contributed by atoms with Crippen LogP contribution in [0, 0.1) is 0 Å². The van der Waals surface area contributed by atoms with Gasteiger partial charge in [-0.1, -0.05) is 0 Å². The first-order valence-electron chi connectivity index (χ1n) is 7.30. The summed E-state index contributed by atoms with van der Waals surface area (Å²) in [6, 6.07) is 2.99. The molecular formula is C14H20N2O7S2. The third-order valence-electron chi connectivity index (χ3n) is 3.90. The van der Waals surface area contributed by atoms with Gasteiger partial charge in [0.25, 0.3) is 0 Å². The van der Waals surface area contributed by atoms with Gasteiger partial charge < -0.3 is 15.2 Å². The van der Waals surface area contributed by atoms with E-state index in [0.29, 0.717) is 0 Å². The molecule has 0 spiro atoms. The molecular weight excluding hydrogens is 372 g/mol. The molecule has 25 heavy (non-hydrogen) atoms. The quantitative estimate of drug-likeness (QED) is 0.686. The summed E-state index contributed by atoms with van der Waals surface area (Å²) in [5, 5.41) is 12.4. The van der Waals surface area contributed by atoms with Crippen LogP contribution in [0.15, 0.2) is 23.1 Å². The average Bonchev–Trinajstić information content (AvgIpc) is 2.78. The second-order valence-corrected chi connectivity index (χ2v) is 9.90. The van der Waals surface area contributed by atoms with Gasteiger partial charge in [0.15, 0.2) is 9.84 Å². The fourth-order valence-corrected chi connectivity index (χ4v) is 6.15. The molecule has 0 unspecified atom stereocenters. The number of nitrogens with zero attached hydrogens (tertiary/aromatic N) is 1. The van der Waals surface area contributed by atoms with Crippen LogP contribution in [0.1, 0.15) is 6.92 Å². The van der Waals surface area contributed by atoms with E-state index in [1.807, 2.05) is 0 Å². The van der Waals surface area contributed by atoms with Gasteiger partial charge >= 0.3 is 0 Å². The molecule has 0 aliphatic carbocycles. The highest BCUT2D eigenvalue weighted by atomic mass is 32.2. The van der Waals surface area contributed by atoms with Crippen LogP contribution >= 0.6 is 0 Å². The number of sulfonamides is 1. The van der Waals surface area contributed by atoms with E-state index in [-0.39, 0.29) is 22.2 Å². The number of ether oxygens (including phenoxy) is 1. The molecule has 1 aromatic rings. The Morgan fingerprint density at radius 3 is 2.48 bits per heavy atom. The zero-order valence-electron chi connectivity index (χ0n) is 14.0. The predicted octanol–water partition coefficient (Wildman–Crippen LogP) is -0.568. The number of hydrogen-bond acceptors (Lipinski definition) is 7. The normalized spacial score (nSPS) is 22.8. The molecule has 9 nitrogen and oxygen atoms in total. The topological polar surface area (TPSA) is 130 Å². The van der Waals surface area contributed by atoms with E-state index >= 15 is 0 Å². The molecule has 2 N–H and O–H groups in total. The maximum absolute atomic E-state index is 12.9. The van der Waals surface area contributed by atoms with Crippen LogP contribution in [0.2, 0.25) is 0 Å². The van der Waals surface area contributed by atoms with Gasteiger partial charge in [-0.25, -0.2) is 16.8 Å². The summed E-state index contributed by atoms with van der Waals surface area (Å²) in [5.74, 6) is -1.28. The van der Waals surface area contributed by atoms with Crippen molar-refractivity contribution < 1.29 is 31.5 Å². The molecule has 1 aromatic carbocycles. The number of anilines is 1. The average molecular weight is 392 g/mol. The van der Waals surface area contributed by atoms with Crippen molar-refractivity contribution in [2.24, 2.45) is 0 Å². The van der Waals surface area contributed by atoms with Crippen molar-refractivity contribution in [3.05, 3.63) is 18.2 Å². The Bertz CT molecular complexity index is 880. The lowest BCUT2D eigenvalue weighted by Crippen LogP contribution is -2.44. The highest BCUT2D eigenvalue weighted by Crippen LogP contribution is 2.31. The first-order valence-corrected chi connectivity index (χ1v) is 10.6. The monoisotopic (exact) mass is 392 g/mol. The van der Waals surface area contributed by atoms with E-state index in [4.69, 9.17) is 4.74 Å². The highest BCUT2D eigenvalue weighted by Gasteiger charge is 2.43. The number of benzene rings is 1. The third kappa shape index (κ3) is 4.11. The molecule has 0 aromatic heterocycles. The number of amides is 1. The first-order chi connectivity index (χ1) is 11.5. The maximum Gasteiger partial charge on any atom is 0.246 e. The van der Waals surface area contributed by atoms with E-state index < -0.39 is 43.5 Å². The van der Waals surface area contributed by atoms with Crippen molar-refractivity contribution in [3.63, 3.8) is 0 Å².